The first-order valence-corrected chi connectivity index (χ1v) is 8.97. The van der Waals surface area contributed by atoms with Crippen molar-refractivity contribution in [3.63, 3.8) is 0 Å². The molecule has 1 rings (SSSR count). The lowest BCUT2D eigenvalue weighted by atomic mass is 10.2. The van der Waals surface area contributed by atoms with E-state index in [0.29, 0.717) is 24.6 Å². The predicted molar refractivity (Wildman–Crippen MR) is 101 cm³/mol. The molecule has 0 aliphatic carbocycles. The molecule has 0 aromatic carbocycles. The summed E-state index contributed by atoms with van der Waals surface area (Å²) in [5.74, 6) is 0.566. The summed E-state index contributed by atoms with van der Waals surface area (Å²) in [6, 6.07) is 4.09. The Morgan fingerprint density at radius 1 is 1.22 bits per heavy atom. The van der Waals surface area contributed by atoms with E-state index in [1.54, 1.807) is 13.1 Å². The van der Waals surface area contributed by atoms with Crippen LogP contribution in [-0.2, 0) is 6.54 Å². The normalized spacial score (nSPS) is 12.8. The second kappa shape index (κ2) is 11.0. The number of nitrogens with zero attached hydrogens (tertiary/aromatic N) is 3. The maximum atomic E-state index is 12.2. The Kier molecular flexibility index (Phi) is 9.34. The van der Waals surface area contributed by atoms with Gasteiger partial charge in [-0.05, 0) is 39.3 Å². The minimum atomic E-state index is -4.39. The zero-order valence-corrected chi connectivity index (χ0v) is 16.6. The molecule has 154 valence electrons. The lowest BCUT2D eigenvalue weighted by Gasteiger charge is -2.30. The molecule has 0 aliphatic rings. The summed E-state index contributed by atoms with van der Waals surface area (Å²) in [5.41, 5.74) is 0.746. The Hall–Kier alpha value is -2.03. The highest BCUT2D eigenvalue weighted by molar-refractivity contribution is 5.79. The second-order valence-corrected chi connectivity index (χ2v) is 6.68. The van der Waals surface area contributed by atoms with E-state index in [0.717, 1.165) is 18.7 Å². The lowest BCUT2D eigenvalue weighted by molar-refractivity contribution is -0.154. The van der Waals surface area contributed by atoms with Gasteiger partial charge < -0.3 is 15.4 Å². The van der Waals surface area contributed by atoms with Crippen LogP contribution in [0.15, 0.2) is 23.3 Å². The van der Waals surface area contributed by atoms with E-state index in [2.05, 4.69) is 57.9 Å². The molecule has 0 unspecified atom stereocenters. The SMILES string of the molecule is CN=C(NCCN(C(C)C)C(C)C)NCc1ccnc(OCC(F)(F)F)c1. The largest absolute Gasteiger partial charge is 0.468 e. The maximum absolute atomic E-state index is 12.2. The summed E-state index contributed by atoms with van der Waals surface area (Å²) < 4.78 is 41.3. The molecule has 1 heterocycles. The Labute approximate surface area is 159 Å². The van der Waals surface area contributed by atoms with E-state index in [9.17, 15) is 13.2 Å². The molecule has 0 amide bonds. The van der Waals surface area contributed by atoms with Crippen molar-refractivity contribution in [1.82, 2.24) is 20.5 Å². The summed E-state index contributed by atoms with van der Waals surface area (Å²) in [6.45, 7) is 9.28. The van der Waals surface area contributed by atoms with Crippen LogP contribution < -0.4 is 15.4 Å². The number of aromatic nitrogens is 1. The van der Waals surface area contributed by atoms with Crippen LogP contribution in [0.5, 0.6) is 5.88 Å². The molecule has 0 fully saturated rings. The van der Waals surface area contributed by atoms with Gasteiger partial charge in [-0.1, -0.05) is 0 Å². The summed E-state index contributed by atoms with van der Waals surface area (Å²) in [6.07, 6.45) is -2.97. The second-order valence-electron chi connectivity index (χ2n) is 6.68. The zero-order valence-electron chi connectivity index (χ0n) is 16.6. The summed E-state index contributed by atoms with van der Waals surface area (Å²) in [7, 11) is 1.67. The number of halogens is 3. The number of nitrogens with one attached hydrogen (secondary N) is 2. The number of rotatable bonds is 9. The number of aliphatic imine (C=N–C) groups is 1. The Morgan fingerprint density at radius 3 is 2.44 bits per heavy atom. The third kappa shape index (κ3) is 9.46. The van der Waals surface area contributed by atoms with Crippen LogP contribution in [0.2, 0.25) is 0 Å². The third-order valence-corrected chi connectivity index (χ3v) is 3.86. The maximum Gasteiger partial charge on any atom is 0.422 e. The molecule has 1 aromatic heterocycles. The van der Waals surface area contributed by atoms with Crippen LogP contribution in [-0.4, -0.2) is 60.8 Å². The molecule has 0 saturated heterocycles. The monoisotopic (exact) mass is 389 g/mol. The van der Waals surface area contributed by atoms with Crippen molar-refractivity contribution in [3.05, 3.63) is 23.9 Å². The first-order chi connectivity index (χ1) is 12.6. The van der Waals surface area contributed by atoms with E-state index < -0.39 is 12.8 Å². The van der Waals surface area contributed by atoms with Gasteiger partial charge in [-0.2, -0.15) is 13.2 Å². The van der Waals surface area contributed by atoms with Crippen LogP contribution >= 0.6 is 0 Å². The molecule has 2 N–H and O–H groups in total. The topological polar surface area (TPSA) is 61.8 Å². The van der Waals surface area contributed by atoms with Crippen molar-refractivity contribution >= 4 is 5.96 Å². The number of pyridine rings is 1. The average Bonchev–Trinajstić information content (AvgIpc) is 2.58. The van der Waals surface area contributed by atoms with Gasteiger partial charge >= 0.3 is 6.18 Å². The highest BCUT2D eigenvalue weighted by Gasteiger charge is 2.28. The van der Waals surface area contributed by atoms with Gasteiger partial charge in [0.1, 0.15) is 0 Å². The molecule has 6 nitrogen and oxygen atoms in total. The van der Waals surface area contributed by atoms with E-state index >= 15 is 0 Å². The van der Waals surface area contributed by atoms with Crippen molar-refractivity contribution in [2.45, 2.75) is 52.5 Å². The Morgan fingerprint density at radius 2 is 1.89 bits per heavy atom. The van der Waals surface area contributed by atoms with Crippen molar-refractivity contribution in [2.24, 2.45) is 4.99 Å². The van der Waals surface area contributed by atoms with Crippen LogP contribution in [0.25, 0.3) is 0 Å². The fraction of sp³-hybridized carbons (Fsp3) is 0.667. The van der Waals surface area contributed by atoms with Gasteiger partial charge in [0.05, 0.1) is 0 Å². The molecule has 0 saturated carbocycles. The highest BCUT2D eigenvalue weighted by Crippen LogP contribution is 2.17. The van der Waals surface area contributed by atoms with Crippen molar-refractivity contribution in [1.29, 1.82) is 0 Å². The highest BCUT2D eigenvalue weighted by atomic mass is 19.4. The molecule has 0 atom stereocenters. The fourth-order valence-electron chi connectivity index (χ4n) is 2.62. The quantitative estimate of drug-likeness (QED) is 0.502. The molecular formula is C18H30F3N5O. The van der Waals surface area contributed by atoms with Gasteiger partial charge in [-0.15, -0.1) is 0 Å². The molecule has 0 radical (unpaired) electrons. The number of hydrogen-bond donors (Lipinski definition) is 2. The summed E-state index contributed by atoms with van der Waals surface area (Å²) in [4.78, 5) is 10.3. The van der Waals surface area contributed by atoms with Crippen molar-refractivity contribution in [2.75, 3.05) is 26.7 Å². The van der Waals surface area contributed by atoms with E-state index in [1.165, 1.54) is 12.3 Å². The first kappa shape index (κ1) is 23.0. The van der Waals surface area contributed by atoms with E-state index in [-0.39, 0.29) is 5.88 Å². The van der Waals surface area contributed by atoms with Crippen molar-refractivity contribution in [3.8, 4) is 5.88 Å². The average molecular weight is 389 g/mol. The number of hydrogen-bond acceptors (Lipinski definition) is 4. The third-order valence-electron chi connectivity index (χ3n) is 3.86. The van der Waals surface area contributed by atoms with E-state index in [4.69, 9.17) is 0 Å². The Balaban J connectivity index is 2.48. The number of ether oxygens (including phenoxy) is 1. The molecular weight excluding hydrogens is 359 g/mol. The summed E-state index contributed by atoms with van der Waals surface area (Å²) in [5, 5.41) is 6.37. The van der Waals surface area contributed by atoms with Crippen molar-refractivity contribution < 1.29 is 17.9 Å². The van der Waals surface area contributed by atoms with Gasteiger partial charge in [0.15, 0.2) is 12.6 Å². The number of guanidine groups is 1. The van der Waals surface area contributed by atoms with Crippen LogP contribution in [0.4, 0.5) is 13.2 Å². The van der Waals surface area contributed by atoms with E-state index in [1.807, 2.05) is 0 Å². The molecule has 9 heteroatoms. The van der Waals surface area contributed by atoms with Gasteiger partial charge in [-0.25, -0.2) is 4.98 Å². The van der Waals surface area contributed by atoms with Crippen LogP contribution in [0, 0.1) is 0 Å². The van der Waals surface area contributed by atoms with Crippen LogP contribution in [0.1, 0.15) is 33.3 Å². The van der Waals surface area contributed by atoms with Gasteiger partial charge in [0, 0.05) is 51.0 Å². The first-order valence-electron chi connectivity index (χ1n) is 8.97. The smallest absolute Gasteiger partial charge is 0.422 e. The summed E-state index contributed by atoms with van der Waals surface area (Å²) >= 11 is 0. The molecule has 0 spiro atoms. The predicted octanol–water partition coefficient (Wildman–Crippen LogP) is 2.81. The molecule has 1 aromatic rings. The minimum Gasteiger partial charge on any atom is -0.468 e. The lowest BCUT2D eigenvalue weighted by Crippen LogP contribution is -2.45. The molecule has 27 heavy (non-hydrogen) atoms. The van der Waals surface area contributed by atoms with Crippen LogP contribution in [0.3, 0.4) is 0 Å². The van der Waals surface area contributed by atoms with Gasteiger partial charge in [0.25, 0.3) is 0 Å². The standard InChI is InChI=1S/C18H30F3N5O/c1-13(2)26(14(3)4)9-8-24-17(22-5)25-11-15-6-7-23-16(10-15)27-12-18(19,20)21/h6-7,10,13-14H,8-9,11-12H2,1-5H3,(H2,22,24,25). The fourth-order valence-corrected chi connectivity index (χ4v) is 2.62. The zero-order chi connectivity index (χ0) is 20.4. The molecule has 0 aliphatic heterocycles. The van der Waals surface area contributed by atoms with Gasteiger partial charge in [-0.3, -0.25) is 9.89 Å². The Bertz CT molecular complexity index is 583. The minimum absolute atomic E-state index is 0.0564. The number of alkyl halides is 3. The molecule has 0 bridgehead atoms. The van der Waals surface area contributed by atoms with Gasteiger partial charge in [0.2, 0.25) is 5.88 Å².